The van der Waals surface area contributed by atoms with E-state index < -0.39 is 0 Å². The number of amides is 2. The van der Waals surface area contributed by atoms with Gasteiger partial charge >= 0.3 is 0 Å². The van der Waals surface area contributed by atoms with Crippen molar-refractivity contribution in [2.24, 2.45) is 11.8 Å². The van der Waals surface area contributed by atoms with E-state index in [-0.39, 0.29) is 23.7 Å². The minimum absolute atomic E-state index is 0.122. The Labute approximate surface area is 143 Å². The van der Waals surface area contributed by atoms with Crippen molar-refractivity contribution in [1.29, 1.82) is 0 Å². The number of para-hydroxylation sites is 1. The Morgan fingerprint density at radius 2 is 1.68 bits per heavy atom. The smallest absolute Gasteiger partial charge is 0.239 e. The third-order valence-corrected chi connectivity index (χ3v) is 5.04. The molecule has 0 spiro atoms. The lowest BCUT2D eigenvalue weighted by atomic mass is 10.00. The van der Waals surface area contributed by atoms with Crippen molar-refractivity contribution in [3.05, 3.63) is 48.9 Å². The molecule has 2 saturated heterocycles. The Bertz CT molecular complexity index is 959. The van der Waals surface area contributed by atoms with E-state index >= 15 is 0 Å². The van der Waals surface area contributed by atoms with Crippen LogP contribution in [0.2, 0.25) is 0 Å². The molecule has 2 unspecified atom stereocenters. The van der Waals surface area contributed by atoms with Crippen molar-refractivity contribution in [2.45, 2.75) is 0 Å². The van der Waals surface area contributed by atoms with Gasteiger partial charge < -0.3 is 9.88 Å². The van der Waals surface area contributed by atoms with Crippen molar-refractivity contribution < 1.29 is 9.59 Å². The second-order valence-electron chi connectivity index (χ2n) is 6.40. The van der Waals surface area contributed by atoms with Crippen LogP contribution in [0.15, 0.2) is 48.9 Å². The van der Waals surface area contributed by atoms with Gasteiger partial charge in [-0.1, -0.05) is 18.2 Å². The van der Waals surface area contributed by atoms with Gasteiger partial charge in [0.25, 0.3) is 0 Å². The van der Waals surface area contributed by atoms with Crippen molar-refractivity contribution in [1.82, 2.24) is 15.0 Å². The molecule has 0 radical (unpaired) electrons. The van der Waals surface area contributed by atoms with E-state index in [4.69, 9.17) is 0 Å². The Morgan fingerprint density at radius 1 is 0.960 bits per heavy atom. The molecule has 0 bridgehead atoms. The van der Waals surface area contributed by atoms with Gasteiger partial charge in [-0.15, -0.1) is 0 Å². The molecule has 3 aromatic rings. The Hall–Kier alpha value is -3.22. The van der Waals surface area contributed by atoms with Crippen LogP contribution in [-0.4, -0.2) is 39.9 Å². The minimum atomic E-state index is -0.323. The number of carbonyl (C=O) groups excluding carboxylic acids is 2. The Balaban J connectivity index is 1.47. The normalized spacial score (nSPS) is 22.9. The van der Waals surface area contributed by atoms with Crippen molar-refractivity contribution in [2.75, 3.05) is 22.9 Å². The third-order valence-electron chi connectivity index (χ3n) is 5.04. The monoisotopic (exact) mass is 333 g/mol. The van der Waals surface area contributed by atoms with Crippen molar-refractivity contribution in [3.8, 4) is 0 Å². The molecule has 7 nitrogen and oxygen atoms in total. The number of imide groups is 1. The number of hydrogen-bond donors (Lipinski definition) is 1. The SMILES string of the molecule is O=C1C2CN(c3ncnc4[nH]ccc34)CC2C(=O)N1c1ccccc1. The number of aromatic nitrogens is 3. The number of benzene rings is 1. The van der Waals surface area contributed by atoms with Gasteiger partial charge in [0, 0.05) is 19.3 Å². The van der Waals surface area contributed by atoms with Crippen LogP contribution in [0.1, 0.15) is 0 Å². The molecule has 2 amide bonds. The highest BCUT2D eigenvalue weighted by molar-refractivity contribution is 6.22. The van der Waals surface area contributed by atoms with Crippen molar-refractivity contribution in [3.63, 3.8) is 0 Å². The standard InChI is InChI=1S/C18H15N5O2/c24-17-13-8-22(16-12-6-7-19-15(12)20-10-21-16)9-14(13)18(25)23(17)11-4-2-1-3-5-11/h1-7,10,13-14H,8-9H2,(H,19,20,21). The van der Waals surface area contributed by atoms with Gasteiger partial charge in [-0.2, -0.15) is 0 Å². The summed E-state index contributed by atoms with van der Waals surface area (Å²) in [7, 11) is 0. The highest BCUT2D eigenvalue weighted by Crippen LogP contribution is 2.38. The molecule has 25 heavy (non-hydrogen) atoms. The first-order valence-corrected chi connectivity index (χ1v) is 8.20. The van der Waals surface area contributed by atoms with Crippen LogP contribution in [0.25, 0.3) is 11.0 Å². The Morgan fingerprint density at radius 3 is 2.40 bits per heavy atom. The molecule has 1 N–H and O–H groups in total. The fourth-order valence-electron chi connectivity index (χ4n) is 3.86. The maximum atomic E-state index is 12.8. The molecular weight excluding hydrogens is 318 g/mol. The summed E-state index contributed by atoms with van der Waals surface area (Å²) in [6.07, 6.45) is 3.31. The maximum absolute atomic E-state index is 12.8. The lowest BCUT2D eigenvalue weighted by Gasteiger charge is -2.21. The molecule has 0 saturated carbocycles. The third kappa shape index (κ3) is 1.98. The van der Waals surface area contributed by atoms with Gasteiger partial charge in [-0.3, -0.25) is 9.59 Å². The summed E-state index contributed by atoms with van der Waals surface area (Å²) in [4.78, 5) is 40.6. The molecule has 2 aliphatic rings. The number of nitrogens with one attached hydrogen (secondary N) is 1. The van der Waals surface area contributed by atoms with E-state index in [2.05, 4.69) is 15.0 Å². The average molecular weight is 333 g/mol. The summed E-state index contributed by atoms with van der Waals surface area (Å²) in [5.74, 6) is -0.119. The van der Waals surface area contributed by atoms with Crippen LogP contribution < -0.4 is 9.80 Å². The number of carbonyl (C=O) groups is 2. The van der Waals surface area contributed by atoms with E-state index in [9.17, 15) is 9.59 Å². The van der Waals surface area contributed by atoms with E-state index in [1.54, 1.807) is 12.1 Å². The summed E-state index contributed by atoms with van der Waals surface area (Å²) in [5.41, 5.74) is 1.40. The highest BCUT2D eigenvalue weighted by Gasteiger charge is 2.53. The lowest BCUT2D eigenvalue weighted by Crippen LogP contribution is -2.36. The molecule has 5 rings (SSSR count). The van der Waals surface area contributed by atoms with Crippen LogP contribution in [0.4, 0.5) is 11.5 Å². The molecule has 0 aliphatic carbocycles. The highest BCUT2D eigenvalue weighted by atomic mass is 16.2. The van der Waals surface area contributed by atoms with Gasteiger partial charge in [-0.25, -0.2) is 14.9 Å². The predicted molar refractivity (Wildman–Crippen MR) is 92.0 cm³/mol. The first-order valence-electron chi connectivity index (χ1n) is 8.20. The number of fused-ring (bicyclic) bond motifs is 2. The summed E-state index contributed by atoms with van der Waals surface area (Å²) in [6.45, 7) is 0.992. The van der Waals surface area contributed by atoms with Gasteiger partial charge in [0.1, 0.15) is 17.8 Å². The first-order chi connectivity index (χ1) is 12.2. The summed E-state index contributed by atoms with van der Waals surface area (Å²) >= 11 is 0. The number of nitrogens with zero attached hydrogens (tertiary/aromatic N) is 4. The van der Waals surface area contributed by atoms with E-state index in [1.807, 2.05) is 35.4 Å². The molecule has 2 atom stereocenters. The lowest BCUT2D eigenvalue weighted by molar-refractivity contribution is -0.122. The second kappa shape index (κ2) is 5.14. The van der Waals surface area contributed by atoms with Crippen molar-refractivity contribution >= 4 is 34.4 Å². The zero-order valence-corrected chi connectivity index (χ0v) is 13.3. The number of aromatic amines is 1. The zero-order valence-electron chi connectivity index (χ0n) is 13.3. The Kier molecular flexibility index (Phi) is 2.91. The van der Waals surface area contributed by atoms with Gasteiger partial charge in [0.2, 0.25) is 11.8 Å². The van der Waals surface area contributed by atoms with Crippen LogP contribution in [0.5, 0.6) is 0 Å². The summed E-state index contributed by atoms with van der Waals surface area (Å²) in [6, 6.07) is 11.0. The largest absolute Gasteiger partial charge is 0.354 e. The molecule has 4 heterocycles. The topological polar surface area (TPSA) is 82.2 Å². The molecular formula is C18H15N5O2. The van der Waals surface area contributed by atoms with E-state index in [0.29, 0.717) is 18.8 Å². The molecule has 2 fully saturated rings. The number of H-pyrrole nitrogens is 1. The van der Waals surface area contributed by atoms with Crippen LogP contribution in [0, 0.1) is 11.8 Å². The number of hydrogen-bond acceptors (Lipinski definition) is 5. The van der Waals surface area contributed by atoms with Gasteiger partial charge in [0.15, 0.2) is 0 Å². The van der Waals surface area contributed by atoms with E-state index in [0.717, 1.165) is 16.9 Å². The quantitative estimate of drug-likeness (QED) is 0.720. The summed E-state index contributed by atoms with van der Waals surface area (Å²) < 4.78 is 0. The fourth-order valence-corrected chi connectivity index (χ4v) is 3.86. The molecule has 1 aromatic carbocycles. The maximum Gasteiger partial charge on any atom is 0.239 e. The van der Waals surface area contributed by atoms with Crippen LogP contribution >= 0.6 is 0 Å². The first kappa shape index (κ1) is 14.2. The zero-order chi connectivity index (χ0) is 17.0. The average Bonchev–Trinajstić information content (AvgIpc) is 3.33. The predicted octanol–water partition coefficient (Wildman–Crippen LogP) is 1.58. The number of rotatable bonds is 2. The van der Waals surface area contributed by atoms with Crippen LogP contribution in [0.3, 0.4) is 0 Å². The minimum Gasteiger partial charge on any atom is -0.354 e. The van der Waals surface area contributed by atoms with Crippen LogP contribution in [-0.2, 0) is 9.59 Å². The van der Waals surface area contributed by atoms with Gasteiger partial charge in [0.05, 0.1) is 22.9 Å². The van der Waals surface area contributed by atoms with Gasteiger partial charge in [-0.05, 0) is 18.2 Å². The second-order valence-corrected chi connectivity index (χ2v) is 6.40. The van der Waals surface area contributed by atoms with E-state index in [1.165, 1.54) is 11.2 Å². The molecule has 2 aromatic heterocycles. The summed E-state index contributed by atoms with van der Waals surface area (Å²) in [5, 5.41) is 0.905. The molecule has 7 heteroatoms. The molecule has 124 valence electrons. The number of anilines is 2. The molecule has 2 aliphatic heterocycles. The fraction of sp³-hybridized carbons (Fsp3) is 0.222.